The minimum atomic E-state index is -3.87. The summed E-state index contributed by atoms with van der Waals surface area (Å²) in [6.45, 7) is 7.71. The Bertz CT molecular complexity index is 507. The number of halogens is 2. The third-order valence-corrected chi connectivity index (χ3v) is 4.07. The second kappa shape index (κ2) is 5.16. The van der Waals surface area contributed by atoms with Crippen molar-refractivity contribution in [1.29, 1.82) is 0 Å². The molecule has 4 nitrogen and oxygen atoms in total. The zero-order valence-electron chi connectivity index (χ0n) is 10.2. The summed E-state index contributed by atoms with van der Waals surface area (Å²) < 4.78 is 24.5. The Labute approximate surface area is 111 Å². The fraction of sp³-hybridized carbons (Fsp3) is 0.700. The van der Waals surface area contributed by atoms with Gasteiger partial charge in [-0.15, -0.1) is 0 Å². The van der Waals surface area contributed by atoms with Crippen molar-refractivity contribution in [2.45, 2.75) is 45.1 Å². The van der Waals surface area contributed by atoms with Gasteiger partial charge in [-0.1, -0.05) is 25.4 Å². The van der Waals surface area contributed by atoms with Crippen LogP contribution in [0.5, 0.6) is 0 Å². The SMILES string of the molecule is CC(C)Cc1nn(C(C)C)c(Cl)c1S(=O)(=O)Cl. The molecule has 0 bridgehead atoms. The molecule has 1 aromatic rings. The Kier molecular flexibility index (Phi) is 4.49. The quantitative estimate of drug-likeness (QED) is 0.802. The molecule has 0 spiro atoms. The molecule has 0 amide bonds. The van der Waals surface area contributed by atoms with Crippen molar-refractivity contribution in [2.75, 3.05) is 0 Å². The Balaban J connectivity index is 3.43. The van der Waals surface area contributed by atoms with Crippen LogP contribution in [0.3, 0.4) is 0 Å². The molecular formula is C10H16Cl2N2O2S. The molecule has 0 N–H and O–H groups in total. The predicted octanol–water partition coefficient (Wildman–Crippen LogP) is 3.24. The molecule has 17 heavy (non-hydrogen) atoms. The molecule has 0 saturated heterocycles. The molecule has 1 aromatic heterocycles. The molecule has 98 valence electrons. The van der Waals surface area contributed by atoms with Crippen LogP contribution >= 0.6 is 22.3 Å². The number of nitrogens with zero attached hydrogens (tertiary/aromatic N) is 2. The van der Waals surface area contributed by atoms with E-state index in [4.69, 9.17) is 22.3 Å². The van der Waals surface area contributed by atoms with Crippen molar-refractivity contribution in [3.05, 3.63) is 10.8 Å². The van der Waals surface area contributed by atoms with Gasteiger partial charge >= 0.3 is 0 Å². The van der Waals surface area contributed by atoms with Crippen LogP contribution in [-0.4, -0.2) is 18.2 Å². The monoisotopic (exact) mass is 298 g/mol. The lowest BCUT2D eigenvalue weighted by atomic mass is 10.1. The molecule has 0 aromatic carbocycles. The normalized spacial score (nSPS) is 12.7. The van der Waals surface area contributed by atoms with Crippen molar-refractivity contribution < 1.29 is 8.42 Å². The van der Waals surface area contributed by atoms with Gasteiger partial charge in [0.2, 0.25) is 0 Å². The van der Waals surface area contributed by atoms with E-state index in [0.29, 0.717) is 12.1 Å². The zero-order chi connectivity index (χ0) is 13.4. The Morgan fingerprint density at radius 3 is 2.18 bits per heavy atom. The van der Waals surface area contributed by atoms with E-state index in [9.17, 15) is 8.42 Å². The van der Waals surface area contributed by atoms with E-state index in [-0.39, 0.29) is 22.0 Å². The number of aromatic nitrogens is 2. The Morgan fingerprint density at radius 2 is 1.82 bits per heavy atom. The molecule has 1 heterocycles. The second-order valence-electron chi connectivity index (χ2n) is 4.64. The Morgan fingerprint density at radius 1 is 1.29 bits per heavy atom. The van der Waals surface area contributed by atoms with Gasteiger partial charge < -0.3 is 0 Å². The summed E-state index contributed by atoms with van der Waals surface area (Å²) in [6, 6.07) is -0.0134. The van der Waals surface area contributed by atoms with Crippen LogP contribution < -0.4 is 0 Å². The fourth-order valence-electron chi connectivity index (χ4n) is 1.55. The second-order valence-corrected chi connectivity index (χ2v) is 7.50. The molecule has 0 radical (unpaired) electrons. The maximum Gasteiger partial charge on any atom is 0.266 e. The molecule has 7 heteroatoms. The summed E-state index contributed by atoms with van der Waals surface area (Å²) >= 11 is 6.03. The molecule has 0 aliphatic carbocycles. The maximum absolute atomic E-state index is 11.5. The average molecular weight is 299 g/mol. The van der Waals surface area contributed by atoms with Gasteiger partial charge in [0, 0.05) is 16.7 Å². The first-order valence-corrected chi connectivity index (χ1v) is 8.04. The van der Waals surface area contributed by atoms with Gasteiger partial charge in [0.25, 0.3) is 9.05 Å². The van der Waals surface area contributed by atoms with E-state index in [2.05, 4.69) is 5.10 Å². The third kappa shape index (κ3) is 3.36. The first-order chi connectivity index (χ1) is 7.64. The third-order valence-electron chi connectivity index (χ3n) is 2.21. The van der Waals surface area contributed by atoms with Crippen molar-refractivity contribution in [3.63, 3.8) is 0 Å². The number of rotatable bonds is 4. The lowest BCUT2D eigenvalue weighted by Crippen LogP contribution is -2.04. The van der Waals surface area contributed by atoms with E-state index in [1.54, 1.807) is 0 Å². The number of hydrogen-bond donors (Lipinski definition) is 0. The van der Waals surface area contributed by atoms with Gasteiger partial charge in [-0.3, -0.25) is 0 Å². The van der Waals surface area contributed by atoms with Crippen LogP contribution in [0.4, 0.5) is 0 Å². The summed E-state index contributed by atoms with van der Waals surface area (Å²) in [5.41, 5.74) is 0.439. The zero-order valence-corrected chi connectivity index (χ0v) is 12.6. The highest BCUT2D eigenvalue weighted by Gasteiger charge is 2.27. The van der Waals surface area contributed by atoms with Crippen molar-refractivity contribution in [2.24, 2.45) is 5.92 Å². The maximum atomic E-state index is 11.5. The minimum Gasteiger partial charge on any atom is -0.250 e. The molecule has 0 aliphatic rings. The summed E-state index contributed by atoms with van der Waals surface area (Å²) in [5, 5.41) is 4.33. The lowest BCUT2D eigenvalue weighted by Gasteiger charge is -2.05. The molecule has 0 unspecified atom stereocenters. The van der Waals surface area contributed by atoms with Crippen LogP contribution in [-0.2, 0) is 15.5 Å². The van der Waals surface area contributed by atoms with Crippen LogP contribution in [0.25, 0.3) is 0 Å². The highest BCUT2D eigenvalue weighted by atomic mass is 35.7. The highest BCUT2D eigenvalue weighted by molar-refractivity contribution is 8.13. The molecule has 0 fully saturated rings. The van der Waals surface area contributed by atoms with Crippen LogP contribution in [0.1, 0.15) is 39.4 Å². The topological polar surface area (TPSA) is 52.0 Å². The van der Waals surface area contributed by atoms with Gasteiger partial charge in [0.05, 0.1) is 5.69 Å². The highest BCUT2D eigenvalue weighted by Crippen LogP contribution is 2.31. The largest absolute Gasteiger partial charge is 0.266 e. The van der Waals surface area contributed by atoms with Gasteiger partial charge in [-0.25, -0.2) is 13.1 Å². The van der Waals surface area contributed by atoms with E-state index in [1.807, 2.05) is 27.7 Å². The van der Waals surface area contributed by atoms with Crippen molar-refractivity contribution >= 4 is 31.3 Å². The standard InChI is InChI=1S/C10H16Cl2N2O2S/c1-6(2)5-8-9(17(12,15)16)10(11)14(13-8)7(3)4/h6-7H,5H2,1-4H3. The van der Waals surface area contributed by atoms with Crippen LogP contribution in [0.2, 0.25) is 5.15 Å². The van der Waals surface area contributed by atoms with Gasteiger partial charge in [-0.2, -0.15) is 5.10 Å². The molecule has 0 aliphatic heterocycles. The Hall–Kier alpha value is -0.260. The van der Waals surface area contributed by atoms with Gasteiger partial charge in [0.1, 0.15) is 10.0 Å². The van der Waals surface area contributed by atoms with E-state index < -0.39 is 9.05 Å². The molecule has 1 rings (SSSR count). The van der Waals surface area contributed by atoms with Gasteiger partial charge in [-0.05, 0) is 26.2 Å². The predicted molar refractivity (Wildman–Crippen MR) is 69.2 cm³/mol. The summed E-state index contributed by atoms with van der Waals surface area (Å²) in [7, 11) is 1.54. The van der Waals surface area contributed by atoms with Crippen molar-refractivity contribution in [3.8, 4) is 0 Å². The minimum absolute atomic E-state index is 0.0134. The van der Waals surface area contributed by atoms with E-state index >= 15 is 0 Å². The smallest absolute Gasteiger partial charge is 0.250 e. The average Bonchev–Trinajstić information content (AvgIpc) is 2.40. The van der Waals surface area contributed by atoms with E-state index in [0.717, 1.165) is 0 Å². The first kappa shape index (κ1) is 14.8. The molecule has 0 atom stereocenters. The first-order valence-electron chi connectivity index (χ1n) is 5.36. The fourth-order valence-corrected chi connectivity index (χ4v) is 3.50. The summed E-state index contributed by atoms with van der Waals surface area (Å²) in [5.74, 6) is 0.277. The molecule has 0 saturated carbocycles. The van der Waals surface area contributed by atoms with Crippen molar-refractivity contribution in [1.82, 2.24) is 9.78 Å². The van der Waals surface area contributed by atoms with E-state index in [1.165, 1.54) is 4.68 Å². The lowest BCUT2D eigenvalue weighted by molar-refractivity contribution is 0.519. The number of hydrogen-bond acceptors (Lipinski definition) is 3. The van der Waals surface area contributed by atoms with Crippen LogP contribution in [0, 0.1) is 5.92 Å². The van der Waals surface area contributed by atoms with Crippen LogP contribution in [0.15, 0.2) is 4.90 Å². The summed E-state index contributed by atoms with van der Waals surface area (Å²) in [4.78, 5) is -0.0526. The summed E-state index contributed by atoms with van der Waals surface area (Å²) in [6.07, 6.45) is 0.528. The van der Waals surface area contributed by atoms with Gasteiger partial charge in [0.15, 0.2) is 0 Å². The molecular weight excluding hydrogens is 283 g/mol.